The zero-order valence-electron chi connectivity index (χ0n) is 14.0. The molecular formula is C16H18BF2NO5. The number of benzene rings is 1. The van der Waals surface area contributed by atoms with Gasteiger partial charge in [-0.25, -0.2) is 8.78 Å². The second-order valence-corrected chi connectivity index (χ2v) is 5.74. The van der Waals surface area contributed by atoms with Crippen LogP contribution >= 0.6 is 0 Å². The summed E-state index contributed by atoms with van der Waals surface area (Å²) in [7, 11) is 0.0288. The highest BCUT2D eigenvalue weighted by Gasteiger charge is 2.37. The topological polar surface area (TPSA) is 65.1 Å². The van der Waals surface area contributed by atoms with E-state index < -0.39 is 36.8 Å². The first-order valence-corrected chi connectivity index (χ1v) is 7.64. The molecule has 0 unspecified atom stereocenters. The largest absolute Gasteiger partial charge is 0.640 e. The zero-order valence-corrected chi connectivity index (χ0v) is 14.0. The average Bonchev–Trinajstić information content (AvgIpc) is 2.48. The fourth-order valence-electron chi connectivity index (χ4n) is 2.29. The Labute approximate surface area is 144 Å². The van der Waals surface area contributed by atoms with Crippen molar-refractivity contribution >= 4 is 24.5 Å². The molecule has 0 spiro atoms. The van der Waals surface area contributed by atoms with E-state index in [0.717, 1.165) is 12.1 Å². The summed E-state index contributed by atoms with van der Waals surface area (Å²) in [5, 5.41) is 0. The molecule has 0 aliphatic carbocycles. The van der Waals surface area contributed by atoms with Crippen LogP contribution in [-0.4, -0.2) is 50.2 Å². The molecule has 1 heterocycles. The fraction of sp³-hybridized carbons (Fsp3) is 0.375. The number of ether oxygens (including phenoxy) is 1. The molecule has 0 saturated carbocycles. The molecule has 0 N–H and O–H groups in total. The van der Waals surface area contributed by atoms with Crippen LogP contribution in [0.15, 0.2) is 24.8 Å². The number of carbonyl (C=O) groups is 2. The van der Waals surface area contributed by atoms with Gasteiger partial charge in [-0.05, 0) is 20.0 Å². The summed E-state index contributed by atoms with van der Waals surface area (Å²) in [6.45, 7) is 5.00. The van der Waals surface area contributed by atoms with Crippen LogP contribution < -0.4 is 10.2 Å². The molecule has 2 rings (SSSR count). The monoisotopic (exact) mass is 353 g/mol. The minimum Gasteiger partial charge on any atom is -0.494 e. The van der Waals surface area contributed by atoms with Gasteiger partial charge in [-0.3, -0.25) is 14.5 Å². The Bertz CT molecular complexity index is 665. The van der Waals surface area contributed by atoms with Crippen molar-refractivity contribution in [3.63, 3.8) is 0 Å². The highest BCUT2D eigenvalue weighted by molar-refractivity contribution is 6.65. The van der Waals surface area contributed by atoms with Crippen LogP contribution in [0.25, 0.3) is 0 Å². The smallest absolute Gasteiger partial charge is 0.494 e. The van der Waals surface area contributed by atoms with E-state index in [1.54, 1.807) is 20.0 Å². The summed E-state index contributed by atoms with van der Waals surface area (Å²) in [4.78, 5) is 25.1. The third-order valence-corrected chi connectivity index (χ3v) is 3.41. The first-order valence-electron chi connectivity index (χ1n) is 7.64. The lowest BCUT2D eigenvalue weighted by atomic mass is 9.77. The fourth-order valence-corrected chi connectivity index (χ4v) is 2.29. The zero-order chi connectivity index (χ0) is 18.6. The second kappa shape index (κ2) is 8.11. The molecule has 25 heavy (non-hydrogen) atoms. The standard InChI is InChI=1S/C16H18BF2NO5/c1-4-5-10(2)23-14-7-13(19)12(18)6-11(14)17-24-15(21)8-20(3)9-16(22)25-17/h4,6-7,10H,1,5,8-9H2,2-3H3/t10-/m0/s1. The molecule has 0 amide bonds. The van der Waals surface area contributed by atoms with Crippen molar-refractivity contribution in [3.05, 3.63) is 36.4 Å². The van der Waals surface area contributed by atoms with E-state index in [0.29, 0.717) is 6.42 Å². The maximum atomic E-state index is 13.7. The summed E-state index contributed by atoms with van der Waals surface area (Å²) in [6, 6.07) is 1.62. The summed E-state index contributed by atoms with van der Waals surface area (Å²) in [5.74, 6) is -3.73. The minimum absolute atomic E-state index is 0.0761. The lowest BCUT2D eigenvalue weighted by molar-refractivity contribution is -0.145. The van der Waals surface area contributed by atoms with Crippen molar-refractivity contribution in [1.29, 1.82) is 0 Å². The van der Waals surface area contributed by atoms with Crippen molar-refractivity contribution in [2.24, 2.45) is 0 Å². The summed E-state index contributed by atoms with van der Waals surface area (Å²) in [6.07, 6.45) is 1.66. The molecule has 1 aromatic carbocycles. The highest BCUT2D eigenvalue weighted by atomic mass is 19.2. The van der Waals surface area contributed by atoms with Gasteiger partial charge in [0.25, 0.3) is 0 Å². The summed E-state index contributed by atoms with van der Waals surface area (Å²) in [5.41, 5.74) is -0.0823. The molecule has 1 aliphatic heterocycles. The van der Waals surface area contributed by atoms with Gasteiger partial charge in [0.15, 0.2) is 11.6 Å². The lowest BCUT2D eigenvalue weighted by Crippen LogP contribution is -2.48. The van der Waals surface area contributed by atoms with Crippen molar-refractivity contribution in [3.8, 4) is 5.75 Å². The Morgan fingerprint density at radius 2 is 1.84 bits per heavy atom. The van der Waals surface area contributed by atoms with Crippen LogP contribution in [0.2, 0.25) is 0 Å². The van der Waals surface area contributed by atoms with E-state index in [1.165, 1.54) is 4.90 Å². The van der Waals surface area contributed by atoms with Crippen LogP contribution in [0.3, 0.4) is 0 Å². The van der Waals surface area contributed by atoms with Gasteiger partial charge in [-0.1, -0.05) is 6.08 Å². The molecule has 0 aromatic heterocycles. The van der Waals surface area contributed by atoms with Crippen molar-refractivity contribution < 1.29 is 32.4 Å². The molecule has 1 fully saturated rings. The van der Waals surface area contributed by atoms with Crippen molar-refractivity contribution in [2.75, 3.05) is 20.1 Å². The Hall–Kier alpha value is -2.42. The van der Waals surface area contributed by atoms with E-state index in [2.05, 4.69) is 6.58 Å². The van der Waals surface area contributed by atoms with Gasteiger partial charge in [-0.15, -0.1) is 6.58 Å². The average molecular weight is 353 g/mol. The Balaban J connectivity index is 2.37. The molecule has 134 valence electrons. The predicted octanol–water partition coefficient (Wildman–Crippen LogP) is 1.04. The van der Waals surface area contributed by atoms with Gasteiger partial charge in [0.05, 0.1) is 24.7 Å². The highest BCUT2D eigenvalue weighted by Crippen LogP contribution is 2.18. The van der Waals surface area contributed by atoms with Gasteiger partial charge in [-0.2, -0.15) is 0 Å². The molecule has 1 saturated heterocycles. The van der Waals surface area contributed by atoms with Crippen LogP contribution in [0.1, 0.15) is 13.3 Å². The minimum atomic E-state index is -1.52. The Morgan fingerprint density at radius 1 is 1.28 bits per heavy atom. The van der Waals surface area contributed by atoms with Gasteiger partial charge in [0.1, 0.15) is 5.75 Å². The number of rotatable bonds is 5. The van der Waals surface area contributed by atoms with Crippen LogP contribution in [0, 0.1) is 11.6 Å². The van der Waals surface area contributed by atoms with Gasteiger partial charge < -0.3 is 14.0 Å². The van der Waals surface area contributed by atoms with Crippen molar-refractivity contribution in [2.45, 2.75) is 19.4 Å². The SMILES string of the molecule is C=CC[C@H](C)Oc1cc(F)c(F)cc1B1OC(=O)CN(C)CC(=O)O1. The Kier molecular flexibility index (Phi) is 6.14. The molecule has 6 nitrogen and oxygen atoms in total. The molecular weight excluding hydrogens is 335 g/mol. The number of nitrogens with zero attached hydrogens (tertiary/aromatic N) is 1. The third-order valence-electron chi connectivity index (χ3n) is 3.41. The quantitative estimate of drug-likeness (QED) is 0.582. The number of hydrogen-bond acceptors (Lipinski definition) is 6. The molecule has 1 aromatic rings. The number of halogens is 2. The molecule has 1 aliphatic rings. The van der Waals surface area contributed by atoms with Crippen LogP contribution in [0.5, 0.6) is 5.75 Å². The van der Waals surface area contributed by atoms with Gasteiger partial charge in [0.2, 0.25) is 0 Å². The molecule has 1 atom stereocenters. The first-order chi connectivity index (χ1) is 11.8. The van der Waals surface area contributed by atoms with Crippen LogP contribution in [0.4, 0.5) is 8.78 Å². The number of likely N-dealkylation sites (N-methyl/N-ethyl adjacent to an activating group) is 1. The predicted molar refractivity (Wildman–Crippen MR) is 86.3 cm³/mol. The maximum absolute atomic E-state index is 13.7. The maximum Gasteiger partial charge on any atom is 0.640 e. The van der Waals surface area contributed by atoms with E-state index in [1.807, 2.05) is 0 Å². The third kappa shape index (κ3) is 5.03. The number of carbonyl (C=O) groups excluding carboxylic acids is 2. The lowest BCUT2D eigenvalue weighted by Gasteiger charge is -2.24. The Morgan fingerprint density at radius 3 is 2.40 bits per heavy atom. The van der Waals surface area contributed by atoms with E-state index in [9.17, 15) is 18.4 Å². The summed E-state index contributed by atoms with van der Waals surface area (Å²) < 4.78 is 43.0. The van der Waals surface area contributed by atoms with Gasteiger partial charge >= 0.3 is 19.1 Å². The van der Waals surface area contributed by atoms with Crippen LogP contribution in [-0.2, 0) is 18.9 Å². The van der Waals surface area contributed by atoms with E-state index >= 15 is 0 Å². The molecule has 0 radical (unpaired) electrons. The van der Waals surface area contributed by atoms with Crippen molar-refractivity contribution in [1.82, 2.24) is 4.90 Å². The second-order valence-electron chi connectivity index (χ2n) is 5.74. The first kappa shape index (κ1) is 18.9. The van der Waals surface area contributed by atoms with E-state index in [4.69, 9.17) is 14.0 Å². The molecule has 0 bridgehead atoms. The van der Waals surface area contributed by atoms with E-state index in [-0.39, 0.29) is 24.3 Å². The number of hydrogen-bond donors (Lipinski definition) is 0. The summed E-state index contributed by atoms with van der Waals surface area (Å²) >= 11 is 0. The normalized spacial score (nSPS) is 17.2. The van der Waals surface area contributed by atoms with Gasteiger partial charge in [0, 0.05) is 12.5 Å². The molecule has 9 heteroatoms.